The van der Waals surface area contributed by atoms with Crippen molar-refractivity contribution in [2.24, 2.45) is 4.99 Å². The van der Waals surface area contributed by atoms with Gasteiger partial charge in [0.2, 0.25) is 5.91 Å². The predicted octanol–water partition coefficient (Wildman–Crippen LogP) is 2.04. The Labute approximate surface area is 170 Å². The highest BCUT2D eigenvalue weighted by Gasteiger charge is 2.27. The van der Waals surface area contributed by atoms with Gasteiger partial charge in [0.25, 0.3) is 0 Å². The van der Waals surface area contributed by atoms with Crippen LogP contribution in [-0.4, -0.2) is 73.5 Å². The molecule has 1 saturated heterocycles. The van der Waals surface area contributed by atoms with E-state index >= 15 is 0 Å². The minimum absolute atomic E-state index is 0. The summed E-state index contributed by atoms with van der Waals surface area (Å²) in [5.74, 6) is 0.787. The normalized spacial score (nSPS) is 20.4. The van der Waals surface area contributed by atoms with Gasteiger partial charge in [-0.1, -0.05) is 12.8 Å². The first-order chi connectivity index (χ1) is 11.5. The van der Waals surface area contributed by atoms with E-state index in [1.54, 1.807) is 19.0 Å². The molecule has 1 aliphatic heterocycles. The maximum Gasteiger partial charge on any atom is 0.243 e. The topological polar surface area (TPSA) is 60.0 Å². The van der Waals surface area contributed by atoms with E-state index in [0.717, 1.165) is 24.8 Å². The monoisotopic (exact) mass is 465 g/mol. The zero-order valence-electron chi connectivity index (χ0n) is 16.3. The van der Waals surface area contributed by atoms with Crippen molar-refractivity contribution in [3.05, 3.63) is 0 Å². The molecule has 0 aromatic heterocycles. The Morgan fingerprint density at radius 2 is 1.76 bits per heavy atom. The van der Waals surface area contributed by atoms with Crippen LogP contribution < -0.4 is 10.6 Å². The van der Waals surface area contributed by atoms with Crippen LogP contribution in [-0.2, 0) is 4.79 Å². The summed E-state index contributed by atoms with van der Waals surface area (Å²) >= 11 is 0. The Bertz CT molecular complexity index is 427. The number of piperidine rings is 1. The molecule has 7 heteroatoms. The molecule has 1 aliphatic carbocycles. The van der Waals surface area contributed by atoms with Gasteiger partial charge in [0.1, 0.15) is 6.54 Å². The Hall–Kier alpha value is -0.570. The lowest BCUT2D eigenvalue weighted by Gasteiger charge is -2.36. The van der Waals surface area contributed by atoms with E-state index in [1.165, 1.54) is 38.8 Å². The molecule has 0 spiro atoms. The number of halogens is 1. The fourth-order valence-electron chi connectivity index (χ4n) is 3.57. The summed E-state index contributed by atoms with van der Waals surface area (Å²) in [4.78, 5) is 20.5. The van der Waals surface area contributed by atoms with Crippen LogP contribution in [0.1, 0.15) is 52.4 Å². The van der Waals surface area contributed by atoms with Crippen molar-refractivity contribution >= 4 is 35.8 Å². The third-order valence-corrected chi connectivity index (χ3v) is 5.01. The molecule has 25 heavy (non-hydrogen) atoms. The molecule has 1 heterocycles. The lowest BCUT2D eigenvalue weighted by Crippen LogP contribution is -2.51. The maximum absolute atomic E-state index is 11.8. The molecule has 2 rings (SSSR count). The van der Waals surface area contributed by atoms with Crippen molar-refractivity contribution < 1.29 is 4.79 Å². The van der Waals surface area contributed by atoms with E-state index in [9.17, 15) is 4.79 Å². The summed E-state index contributed by atoms with van der Waals surface area (Å²) in [6, 6.07) is 1.57. The molecule has 2 fully saturated rings. The smallest absolute Gasteiger partial charge is 0.243 e. The standard InChI is InChI=1S/C18H35N5O.HI/c1-14(2)20-18(19-13-17(24)22(3)4)21-15-9-11-23(12-10-15)16-7-5-6-8-16;/h14-16H,5-13H2,1-4H3,(H2,19,20,21);1H. The molecule has 0 bridgehead atoms. The second kappa shape index (κ2) is 11.2. The van der Waals surface area contributed by atoms with Gasteiger partial charge in [-0.05, 0) is 39.5 Å². The fraction of sp³-hybridized carbons (Fsp3) is 0.889. The van der Waals surface area contributed by atoms with Crippen LogP contribution in [0.3, 0.4) is 0 Å². The van der Waals surface area contributed by atoms with Gasteiger partial charge in [0, 0.05) is 45.3 Å². The van der Waals surface area contributed by atoms with E-state index in [4.69, 9.17) is 0 Å². The van der Waals surface area contributed by atoms with Crippen molar-refractivity contribution in [3.8, 4) is 0 Å². The molecule has 0 aromatic carbocycles. The summed E-state index contributed by atoms with van der Waals surface area (Å²) in [7, 11) is 3.53. The number of aliphatic imine (C=N–C) groups is 1. The van der Waals surface area contributed by atoms with Gasteiger partial charge in [0.15, 0.2) is 5.96 Å². The van der Waals surface area contributed by atoms with Gasteiger partial charge in [-0.25, -0.2) is 4.99 Å². The molecule has 0 radical (unpaired) electrons. The number of hydrogen-bond acceptors (Lipinski definition) is 3. The van der Waals surface area contributed by atoms with Crippen molar-refractivity contribution in [1.29, 1.82) is 0 Å². The number of guanidine groups is 1. The minimum Gasteiger partial charge on any atom is -0.354 e. The Kier molecular flexibility index (Phi) is 10.1. The number of amides is 1. The van der Waals surface area contributed by atoms with E-state index in [0.29, 0.717) is 12.1 Å². The van der Waals surface area contributed by atoms with Crippen LogP contribution in [0.5, 0.6) is 0 Å². The number of hydrogen-bond donors (Lipinski definition) is 2. The highest BCUT2D eigenvalue weighted by atomic mass is 127. The lowest BCUT2D eigenvalue weighted by molar-refractivity contribution is -0.127. The first-order valence-electron chi connectivity index (χ1n) is 9.47. The first kappa shape index (κ1) is 22.5. The SMILES string of the molecule is CC(C)NC(=NCC(=O)N(C)C)NC1CCN(C2CCCC2)CC1.I. The van der Waals surface area contributed by atoms with Gasteiger partial charge in [-0.2, -0.15) is 0 Å². The summed E-state index contributed by atoms with van der Waals surface area (Å²) < 4.78 is 0. The van der Waals surface area contributed by atoms with Crippen molar-refractivity contribution in [3.63, 3.8) is 0 Å². The van der Waals surface area contributed by atoms with Crippen LogP contribution in [0, 0.1) is 0 Å². The summed E-state index contributed by atoms with van der Waals surface area (Å²) in [6.45, 7) is 6.72. The van der Waals surface area contributed by atoms with Gasteiger partial charge in [-0.3, -0.25) is 4.79 Å². The Balaban J connectivity index is 0.00000312. The summed E-state index contributed by atoms with van der Waals surface area (Å²) in [5, 5.41) is 6.88. The number of nitrogens with one attached hydrogen (secondary N) is 2. The lowest BCUT2D eigenvalue weighted by atomic mass is 10.0. The summed E-state index contributed by atoms with van der Waals surface area (Å²) in [5.41, 5.74) is 0. The third kappa shape index (κ3) is 7.68. The average molecular weight is 465 g/mol. The molecule has 146 valence electrons. The second-order valence-corrected chi connectivity index (χ2v) is 7.64. The third-order valence-electron chi connectivity index (χ3n) is 5.01. The molecule has 1 saturated carbocycles. The van der Waals surface area contributed by atoms with Crippen LogP contribution in [0.25, 0.3) is 0 Å². The minimum atomic E-state index is 0. The van der Waals surface area contributed by atoms with E-state index in [1.807, 2.05) is 0 Å². The Morgan fingerprint density at radius 1 is 1.16 bits per heavy atom. The highest BCUT2D eigenvalue weighted by Crippen LogP contribution is 2.26. The molecule has 2 aliphatic rings. The van der Waals surface area contributed by atoms with E-state index in [2.05, 4.69) is 34.4 Å². The van der Waals surface area contributed by atoms with Crippen molar-refractivity contribution in [2.75, 3.05) is 33.7 Å². The van der Waals surface area contributed by atoms with Gasteiger partial charge in [0.05, 0.1) is 0 Å². The predicted molar refractivity (Wildman–Crippen MR) is 115 cm³/mol. The molecule has 0 aromatic rings. The fourth-order valence-corrected chi connectivity index (χ4v) is 3.57. The molecule has 6 nitrogen and oxygen atoms in total. The van der Waals surface area contributed by atoms with Crippen LogP contribution in [0.15, 0.2) is 4.99 Å². The van der Waals surface area contributed by atoms with E-state index in [-0.39, 0.29) is 36.4 Å². The van der Waals surface area contributed by atoms with Crippen molar-refractivity contribution in [2.45, 2.75) is 70.5 Å². The molecular weight excluding hydrogens is 429 g/mol. The molecule has 0 atom stereocenters. The maximum atomic E-state index is 11.8. The zero-order valence-corrected chi connectivity index (χ0v) is 18.6. The number of nitrogens with zero attached hydrogens (tertiary/aromatic N) is 3. The quantitative estimate of drug-likeness (QED) is 0.371. The highest BCUT2D eigenvalue weighted by molar-refractivity contribution is 14.0. The van der Waals surface area contributed by atoms with Gasteiger partial charge in [-0.15, -0.1) is 24.0 Å². The Morgan fingerprint density at radius 3 is 2.28 bits per heavy atom. The first-order valence-corrected chi connectivity index (χ1v) is 9.47. The molecular formula is C18H36IN5O. The molecule has 1 amide bonds. The van der Waals surface area contributed by atoms with Crippen LogP contribution in [0.2, 0.25) is 0 Å². The van der Waals surface area contributed by atoms with Gasteiger partial charge < -0.3 is 20.4 Å². The molecule has 0 unspecified atom stereocenters. The second-order valence-electron chi connectivity index (χ2n) is 7.64. The molecule has 2 N–H and O–H groups in total. The van der Waals surface area contributed by atoms with Crippen molar-refractivity contribution in [1.82, 2.24) is 20.4 Å². The zero-order chi connectivity index (χ0) is 17.5. The number of likely N-dealkylation sites (N-methyl/N-ethyl adjacent to an activating group) is 1. The summed E-state index contributed by atoms with van der Waals surface area (Å²) in [6.07, 6.45) is 7.86. The number of likely N-dealkylation sites (tertiary alicyclic amines) is 1. The number of carbonyl (C=O) groups is 1. The van der Waals surface area contributed by atoms with E-state index < -0.39 is 0 Å². The van der Waals surface area contributed by atoms with Gasteiger partial charge >= 0.3 is 0 Å². The average Bonchev–Trinajstić information content (AvgIpc) is 3.06. The van der Waals surface area contributed by atoms with Crippen LogP contribution >= 0.6 is 24.0 Å². The van der Waals surface area contributed by atoms with Crippen LogP contribution in [0.4, 0.5) is 0 Å². The largest absolute Gasteiger partial charge is 0.354 e. The number of rotatable bonds is 5. The number of carbonyl (C=O) groups excluding carboxylic acids is 1.